The van der Waals surface area contributed by atoms with Gasteiger partial charge in [-0.05, 0) is 42.8 Å². The monoisotopic (exact) mass is 310 g/mol. The van der Waals surface area contributed by atoms with Gasteiger partial charge < -0.3 is 8.83 Å². The number of H-pyrrole nitrogens is 1. The number of amides is 1. The molecule has 3 heterocycles. The first-order chi connectivity index (χ1) is 11.2. The Balaban J connectivity index is 1.60. The molecule has 0 atom stereocenters. The van der Waals surface area contributed by atoms with Crippen LogP contribution in [0.15, 0.2) is 62.4 Å². The lowest BCUT2D eigenvalue weighted by molar-refractivity contribution is 0.0950. The van der Waals surface area contributed by atoms with Crippen molar-refractivity contribution in [1.29, 1.82) is 0 Å². The zero-order valence-electron chi connectivity index (χ0n) is 12.3. The molecule has 0 aliphatic rings. The second kappa shape index (κ2) is 6.61. The van der Waals surface area contributed by atoms with Crippen LogP contribution in [0.4, 0.5) is 0 Å². The number of aromatic nitrogens is 2. The Morgan fingerprint density at radius 1 is 1.30 bits per heavy atom. The van der Waals surface area contributed by atoms with E-state index in [1.807, 2.05) is 13.0 Å². The third-order valence-electron chi connectivity index (χ3n) is 2.94. The van der Waals surface area contributed by atoms with Crippen LogP contribution >= 0.6 is 0 Å². The van der Waals surface area contributed by atoms with Crippen molar-refractivity contribution in [2.45, 2.75) is 6.92 Å². The minimum Gasteiger partial charge on any atom is -0.465 e. The summed E-state index contributed by atoms with van der Waals surface area (Å²) in [5.41, 5.74) is 4.09. The van der Waals surface area contributed by atoms with Gasteiger partial charge in [-0.1, -0.05) is 0 Å². The van der Waals surface area contributed by atoms with Crippen molar-refractivity contribution in [3.63, 3.8) is 0 Å². The van der Waals surface area contributed by atoms with Crippen LogP contribution < -0.4 is 5.43 Å². The molecule has 3 aromatic rings. The SMILES string of the molecule is CC(C=NNC(=O)c1cc(-c2ccco2)[nH]n1)=Cc1ccco1. The maximum atomic E-state index is 12.0. The van der Waals surface area contributed by atoms with Crippen LogP contribution in [0.5, 0.6) is 0 Å². The third kappa shape index (κ3) is 3.65. The number of nitrogens with one attached hydrogen (secondary N) is 2. The smallest absolute Gasteiger partial charge is 0.291 e. The summed E-state index contributed by atoms with van der Waals surface area (Å²) in [5, 5.41) is 10.6. The van der Waals surface area contributed by atoms with Crippen LogP contribution in [0.25, 0.3) is 17.5 Å². The summed E-state index contributed by atoms with van der Waals surface area (Å²) < 4.78 is 10.4. The van der Waals surface area contributed by atoms with Crippen LogP contribution in [-0.4, -0.2) is 22.3 Å². The van der Waals surface area contributed by atoms with Crippen LogP contribution in [0.2, 0.25) is 0 Å². The molecule has 116 valence electrons. The fourth-order valence-corrected chi connectivity index (χ4v) is 1.88. The molecule has 3 rings (SSSR count). The number of hydrogen-bond donors (Lipinski definition) is 2. The number of rotatable bonds is 5. The third-order valence-corrected chi connectivity index (χ3v) is 2.94. The van der Waals surface area contributed by atoms with E-state index in [0.29, 0.717) is 11.5 Å². The highest BCUT2D eigenvalue weighted by Crippen LogP contribution is 2.17. The van der Waals surface area contributed by atoms with Gasteiger partial charge in [-0.3, -0.25) is 9.89 Å². The summed E-state index contributed by atoms with van der Waals surface area (Å²) in [7, 11) is 0. The summed E-state index contributed by atoms with van der Waals surface area (Å²) in [5.74, 6) is 0.911. The number of furan rings is 2. The number of carbonyl (C=O) groups excluding carboxylic acids is 1. The van der Waals surface area contributed by atoms with Gasteiger partial charge >= 0.3 is 0 Å². The van der Waals surface area contributed by atoms with E-state index in [1.165, 1.54) is 6.21 Å². The van der Waals surface area contributed by atoms with Crippen molar-refractivity contribution in [1.82, 2.24) is 15.6 Å². The van der Waals surface area contributed by atoms with Crippen LogP contribution in [-0.2, 0) is 0 Å². The topological polar surface area (TPSA) is 96.4 Å². The Bertz CT molecular complexity index is 827. The van der Waals surface area contributed by atoms with Gasteiger partial charge in [0.05, 0.1) is 18.7 Å². The van der Waals surface area contributed by atoms with E-state index >= 15 is 0 Å². The molecule has 0 fully saturated rings. The largest absolute Gasteiger partial charge is 0.465 e. The molecule has 7 heteroatoms. The molecule has 0 aliphatic carbocycles. The van der Waals surface area contributed by atoms with Gasteiger partial charge in [-0.25, -0.2) is 5.43 Å². The molecule has 1 amide bonds. The van der Waals surface area contributed by atoms with Gasteiger partial charge in [0.15, 0.2) is 11.5 Å². The molecular formula is C16H14N4O3. The summed E-state index contributed by atoms with van der Waals surface area (Å²) in [6.45, 7) is 1.85. The number of hydrazone groups is 1. The van der Waals surface area contributed by atoms with Crippen molar-refractivity contribution < 1.29 is 13.6 Å². The maximum absolute atomic E-state index is 12.0. The van der Waals surface area contributed by atoms with E-state index in [0.717, 1.165) is 11.3 Å². The number of hydrogen-bond acceptors (Lipinski definition) is 5. The van der Waals surface area contributed by atoms with Crippen LogP contribution in [0, 0.1) is 0 Å². The van der Waals surface area contributed by atoms with Crippen molar-refractivity contribution in [3.8, 4) is 11.5 Å². The second-order valence-electron chi connectivity index (χ2n) is 4.75. The summed E-state index contributed by atoms with van der Waals surface area (Å²) in [4.78, 5) is 12.0. The fourth-order valence-electron chi connectivity index (χ4n) is 1.88. The number of nitrogens with zero attached hydrogens (tertiary/aromatic N) is 2. The Morgan fingerprint density at radius 2 is 2.13 bits per heavy atom. The van der Waals surface area contributed by atoms with Gasteiger partial charge in [0.25, 0.3) is 5.91 Å². The zero-order valence-corrected chi connectivity index (χ0v) is 12.3. The second-order valence-corrected chi connectivity index (χ2v) is 4.75. The van der Waals surface area contributed by atoms with Crippen LogP contribution in [0.3, 0.4) is 0 Å². The van der Waals surface area contributed by atoms with Gasteiger partial charge in [-0.2, -0.15) is 10.2 Å². The Kier molecular flexibility index (Phi) is 4.19. The number of carbonyl (C=O) groups is 1. The van der Waals surface area contributed by atoms with E-state index in [-0.39, 0.29) is 5.69 Å². The summed E-state index contributed by atoms with van der Waals surface area (Å²) >= 11 is 0. The average molecular weight is 310 g/mol. The standard InChI is InChI=1S/C16H14N4O3/c1-11(8-12-4-2-6-22-12)10-17-20-16(21)14-9-13(18-19-14)15-5-3-7-23-15/h2-10H,1H3,(H,18,19)(H,20,21). The fraction of sp³-hybridized carbons (Fsp3) is 0.0625. The minimum atomic E-state index is -0.416. The van der Waals surface area contributed by atoms with Crippen LogP contribution in [0.1, 0.15) is 23.2 Å². The molecule has 0 unspecified atom stereocenters. The van der Waals surface area contributed by atoms with E-state index < -0.39 is 5.91 Å². The highest BCUT2D eigenvalue weighted by molar-refractivity contribution is 5.94. The minimum absolute atomic E-state index is 0.223. The maximum Gasteiger partial charge on any atom is 0.291 e. The van der Waals surface area contributed by atoms with Crippen molar-refractivity contribution in [3.05, 3.63) is 59.9 Å². The molecule has 0 aromatic carbocycles. The average Bonchev–Trinajstić information content (AvgIpc) is 3.28. The molecule has 2 N–H and O–H groups in total. The normalized spacial score (nSPS) is 12.0. The van der Waals surface area contributed by atoms with Crippen molar-refractivity contribution in [2.24, 2.45) is 5.10 Å². The van der Waals surface area contributed by atoms with Gasteiger partial charge in [0, 0.05) is 6.07 Å². The van der Waals surface area contributed by atoms with E-state index in [1.54, 1.807) is 42.9 Å². The Morgan fingerprint density at radius 3 is 2.87 bits per heavy atom. The van der Waals surface area contributed by atoms with Crippen molar-refractivity contribution in [2.75, 3.05) is 0 Å². The predicted molar refractivity (Wildman–Crippen MR) is 84.6 cm³/mol. The summed E-state index contributed by atoms with van der Waals surface area (Å²) in [6, 6.07) is 8.75. The van der Waals surface area contributed by atoms with E-state index in [9.17, 15) is 4.79 Å². The zero-order chi connectivity index (χ0) is 16.1. The van der Waals surface area contributed by atoms with Gasteiger partial charge in [-0.15, -0.1) is 0 Å². The van der Waals surface area contributed by atoms with Gasteiger partial charge in [0.1, 0.15) is 11.5 Å². The quantitative estimate of drug-likeness (QED) is 0.559. The molecule has 3 aromatic heterocycles. The first-order valence-corrected chi connectivity index (χ1v) is 6.87. The number of aromatic amines is 1. The Labute approximate surface area is 131 Å². The lowest BCUT2D eigenvalue weighted by Crippen LogP contribution is -2.17. The molecule has 0 bridgehead atoms. The summed E-state index contributed by atoms with van der Waals surface area (Å²) in [6.07, 6.45) is 6.47. The lowest BCUT2D eigenvalue weighted by Gasteiger charge is -1.95. The molecular weight excluding hydrogens is 296 g/mol. The molecule has 0 saturated carbocycles. The Hall–Kier alpha value is -3.35. The van der Waals surface area contributed by atoms with E-state index in [4.69, 9.17) is 8.83 Å². The highest BCUT2D eigenvalue weighted by Gasteiger charge is 2.11. The molecule has 23 heavy (non-hydrogen) atoms. The molecule has 0 saturated heterocycles. The highest BCUT2D eigenvalue weighted by atomic mass is 16.3. The first kappa shape index (κ1) is 14.6. The molecule has 7 nitrogen and oxygen atoms in total. The number of allylic oxidation sites excluding steroid dienone is 1. The molecule has 0 aliphatic heterocycles. The van der Waals surface area contributed by atoms with Crippen molar-refractivity contribution >= 4 is 18.2 Å². The molecule has 0 spiro atoms. The predicted octanol–water partition coefficient (Wildman–Crippen LogP) is 3.08. The first-order valence-electron chi connectivity index (χ1n) is 6.87. The van der Waals surface area contributed by atoms with Gasteiger partial charge in [0.2, 0.25) is 0 Å². The lowest BCUT2D eigenvalue weighted by atomic mass is 10.3. The van der Waals surface area contributed by atoms with E-state index in [2.05, 4.69) is 20.7 Å². The molecule has 0 radical (unpaired) electrons.